The van der Waals surface area contributed by atoms with Gasteiger partial charge in [-0.1, -0.05) is 12.1 Å². The average Bonchev–Trinajstić information content (AvgIpc) is 2.84. The number of aliphatic hydroxyl groups is 3. The number of allylic oxidation sites excluding steroid dienone is 1. The molecule has 11 heteroatoms. The summed E-state index contributed by atoms with van der Waals surface area (Å²) in [4.78, 5) is 42.7. The van der Waals surface area contributed by atoms with Gasteiger partial charge < -0.3 is 26.2 Å². The zero-order valence-electron chi connectivity index (χ0n) is 21.3. The number of aromatic hydroxyl groups is 1. The molecule has 0 bridgehead atoms. The second kappa shape index (κ2) is 9.18. The second-order valence-corrected chi connectivity index (χ2v) is 11.0. The van der Waals surface area contributed by atoms with Crippen LogP contribution in [0, 0.1) is 11.8 Å². The largest absolute Gasteiger partial charge is 0.510 e. The number of nitrogens with two attached hydrogens (primary N) is 1. The summed E-state index contributed by atoms with van der Waals surface area (Å²) in [6.07, 6.45) is 0.236. The van der Waals surface area contributed by atoms with Gasteiger partial charge in [-0.05, 0) is 51.3 Å². The topological polar surface area (TPSA) is 165 Å². The monoisotopic (exact) mass is 529 g/mol. The van der Waals surface area contributed by atoms with Crippen molar-refractivity contribution in [2.75, 3.05) is 27.2 Å². The Morgan fingerprint density at radius 2 is 1.84 bits per heavy atom. The average molecular weight is 530 g/mol. The molecule has 1 saturated heterocycles. The number of nitrogens with zero attached hydrogens (tertiary/aromatic N) is 2. The number of fused-ring (bicyclic) bond motifs is 3. The third-order valence-electron chi connectivity index (χ3n) is 8.59. The van der Waals surface area contributed by atoms with Crippen LogP contribution in [-0.2, 0) is 22.6 Å². The summed E-state index contributed by atoms with van der Waals surface area (Å²) in [6.45, 7) is 1.35. The van der Waals surface area contributed by atoms with Crippen LogP contribution in [0.4, 0.5) is 4.39 Å². The quantitative estimate of drug-likeness (QED) is 0.359. The van der Waals surface area contributed by atoms with Crippen molar-refractivity contribution in [2.24, 2.45) is 17.6 Å². The SMILES string of the molecule is CN(C)C1C(O)=C(C(N)=O)C(=O)C2(O)C(O)=C3C(=O)c4c(ccc(CN5CCC(F)CC5)c4O)CC3CC12. The molecule has 4 aliphatic rings. The van der Waals surface area contributed by atoms with E-state index in [2.05, 4.69) is 0 Å². The molecule has 1 aromatic rings. The third kappa shape index (κ3) is 3.75. The minimum Gasteiger partial charge on any atom is -0.510 e. The van der Waals surface area contributed by atoms with Crippen molar-refractivity contribution in [1.82, 2.24) is 9.80 Å². The van der Waals surface area contributed by atoms with Crippen LogP contribution in [0.5, 0.6) is 5.75 Å². The van der Waals surface area contributed by atoms with Crippen LogP contribution in [0.1, 0.15) is 40.7 Å². The number of Topliss-reactive ketones (excluding diaryl/α,β-unsaturated/α-hetero) is 2. The molecular formula is C27H32FN3O7. The van der Waals surface area contributed by atoms with E-state index in [0.717, 1.165) is 0 Å². The molecule has 1 amide bonds. The number of amides is 1. The Morgan fingerprint density at radius 3 is 2.45 bits per heavy atom. The van der Waals surface area contributed by atoms with Gasteiger partial charge in [0, 0.05) is 36.7 Å². The predicted octanol–water partition coefficient (Wildman–Crippen LogP) is 1.05. The fourth-order valence-electron chi connectivity index (χ4n) is 6.70. The smallest absolute Gasteiger partial charge is 0.255 e. The molecular weight excluding hydrogens is 497 g/mol. The summed E-state index contributed by atoms with van der Waals surface area (Å²) in [7, 11) is 3.17. The summed E-state index contributed by atoms with van der Waals surface area (Å²) < 4.78 is 13.5. The first-order valence-electron chi connectivity index (χ1n) is 12.7. The fourth-order valence-corrected chi connectivity index (χ4v) is 6.70. The lowest BCUT2D eigenvalue weighted by Gasteiger charge is -2.50. The third-order valence-corrected chi connectivity index (χ3v) is 8.59. The molecule has 1 aromatic carbocycles. The van der Waals surface area contributed by atoms with Gasteiger partial charge in [0.15, 0.2) is 11.4 Å². The molecule has 0 aromatic heterocycles. The molecule has 6 N–H and O–H groups in total. The number of rotatable bonds is 4. The number of halogens is 1. The summed E-state index contributed by atoms with van der Waals surface area (Å²) in [5, 5.41) is 44.9. The Labute approximate surface area is 218 Å². The number of likely N-dealkylation sites (N-methyl/N-ethyl adjacent to an activating group) is 1. The molecule has 38 heavy (non-hydrogen) atoms. The molecule has 1 heterocycles. The molecule has 0 saturated carbocycles. The van der Waals surface area contributed by atoms with Crippen molar-refractivity contribution < 1.29 is 39.2 Å². The van der Waals surface area contributed by atoms with Crippen LogP contribution in [0.25, 0.3) is 0 Å². The number of aliphatic hydroxyl groups excluding tert-OH is 2. The van der Waals surface area contributed by atoms with Crippen molar-refractivity contribution in [3.8, 4) is 5.75 Å². The highest BCUT2D eigenvalue weighted by Crippen LogP contribution is 2.52. The van der Waals surface area contributed by atoms with Gasteiger partial charge in [0.2, 0.25) is 5.78 Å². The van der Waals surface area contributed by atoms with Gasteiger partial charge >= 0.3 is 0 Å². The fraction of sp³-hybridized carbons (Fsp3) is 0.519. The van der Waals surface area contributed by atoms with Crippen molar-refractivity contribution in [1.29, 1.82) is 0 Å². The first-order chi connectivity index (χ1) is 17.9. The molecule has 204 valence electrons. The number of benzene rings is 1. The van der Waals surface area contributed by atoms with Gasteiger partial charge in [-0.2, -0.15) is 0 Å². The lowest BCUT2D eigenvalue weighted by atomic mass is 9.58. The van der Waals surface area contributed by atoms with E-state index in [-0.39, 0.29) is 29.7 Å². The van der Waals surface area contributed by atoms with Crippen LogP contribution < -0.4 is 5.73 Å². The van der Waals surface area contributed by atoms with Gasteiger partial charge in [-0.15, -0.1) is 0 Å². The number of carbonyl (C=O) groups is 3. The van der Waals surface area contributed by atoms with Crippen molar-refractivity contribution >= 4 is 17.5 Å². The number of piperidine rings is 1. The molecule has 1 aliphatic heterocycles. The Morgan fingerprint density at radius 1 is 1.18 bits per heavy atom. The maximum atomic E-state index is 13.8. The maximum Gasteiger partial charge on any atom is 0.255 e. The normalized spacial score (nSPS) is 30.4. The van der Waals surface area contributed by atoms with Crippen LogP contribution in [0.2, 0.25) is 0 Å². The molecule has 4 atom stereocenters. The minimum atomic E-state index is -2.66. The van der Waals surface area contributed by atoms with Crippen molar-refractivity contribution in [3.63, 3.8) is 0 Å². The molecule has 4 unspecified atom stereocenters. The van der Waals surface area contributed by atoms with Crippen molar-refractivity contribution in [3.05, 3.63) is 51.5 Å². The van der Waals surface area contributed by atoms with E-state index < -0.39 is 64.2 Å². The van der Waals surface area contributed by atoms with Crippen LogP contribution >= 0.6 is 0 Å². The first kappa shape index (κ1) is 26.3. The first-order valence-corrected chi connectivity index (χ1v) is 12.7. The van der Waals surface area contributed by atoms with Crippen LogP contribution in [0.15, 0.2) is 34.8 Å². The number of hydrogen-bond donors (Lipinski definition) is 5. The van der Waals surface area contributed by atoms with Gasteiger partial charge in [-0.25, -0.2) is 4.39 Å². The van der Waals surface area contributed by atoms with Gasteiger partial charge in [0.1, 0.15) is 29.0 Å². The number of carbonyl (C=O) groups excluding carboxylic acids is 3. The lowest BCUT2D eigenvalue weighted by Crippen LogP contribution is -2.63. The highest BCUT2D eigenvalue weighted by atomic mass is 19.1. The molecule has 0 radical (unpaired) electrons. The Kier molecular flexibility index (Phi) is 6.36. The Bertz CT molecular complexity index is 1300. The van der Waals surface area contributed by atoms with Gasteiger partial charge in [-0.3, -0.25) is 24.2 Å². The zero-order valence-corrected chi connectivity index (χ0v) is 21.3. The summed E-state index contributed by atoms with van der Waals surface area (Å²) >= 11 is 0. The van der Waals surface area contributed by atoms with E-state index in [0.29, 0.717) is 43.6 Å². The highest BCUT2D eigenvalue weighted by molar-refractivity contribution is 6.24. The van der Waals surface area contributed by atoms with E-state index in [1.807, 2.05) is 4.90 Å². The summed E-state index contributed by atoms with van der Waals surface area (Å²) in [6, 6.07) is 2.46. The standard InChI is InChI=1S/C27H32FN3O7/c1-30(2)20-16-10-14-9-12-3-4-13(11-31-7-5-15(28)6-8-31)21(32)17(12)22(33)18(14)24(35)27(16,38)25(36)19(23(20)34)26(29)37/h3-4,14-16,20,32,34-35,38H,5-11H2,1-2H3,(H2,29,37). The van der Waals surface area contributed by atoms with Crippen molar-refractivity contribution in [2.45, 2.75) is 50.0 Å². The maximum absolute atomic E-state index is 13.8. The molecule has 5 rings (SSSR count). The van der Waals surface area contributed by atoms with Crippen LogP contribution in [0.3, 0.4) is 0 Å². The van der Waals surface area contributed by atoms with E-state index in [9.17, 15) is 39.2 Å². The molecule has 10 nitrogen and oxygen atoms in total. The summed E-state index contributed by atoms with van der Waals surface area (Å²) in [5.74, 6) is -6.62. The van der Waals surface area contributed by atoms with E-state index in [4.69, 9.17) is 5.73 Å². The molecule has 1 fully saturated rings. The number of ketones is 2. The van der Waals surface area contributed by atoms with Crippen LogP contribution in [-0.4, -0.2) is 92.7 Å². The lowest BCUT2D eigenvalue weighted by molar-refractivity contribution is -0.148. The summed E-state index contributed by atoms with van der Waals surface area (Å²) in [5.41, 5.74) is 2.70. The van der Waals surface area contributed by atoms with E-state index in [1.54, 1.807) is 26.2 Å². The van der Waals surface area contributed by atoms with E-state index >= 15 is 0 Å². The predicted molar refractivity (Wildman–Crippen MR) is 133 cm³/mol. The van der Waals surface area contributed by atoms with Gasteiger partial charge in [0.25, 0.3) is 5.91 Å². The zero-order chi connectivity index (χ0) is 27.7. The number of alkyl halides is 1. The molecule has 0 spiro atoms. The number of hydrogen-bond acceptors (Lipinski definition) is 9. The Hall–Kier alpha value is -3.28. The number of primary amides is 1. The van der Waals surface area contributed by atoms with Gasteiger partial charge in [0.05, 0.1) is 11.6 Å². The number of likely N-dealkylation sites (tertiary alicyclic amines) is 1. The highest BCUT2D eigenvalue weighted by Gasteiger charge is 2.63. The molecule has 3 aliphatic carbocycles. The van der Waals surface area contributed by atoms with E-state index in [1.165, 1.54) is 4.90 Å². The minimum absolute atomic E-state index is 0.0105. The Balaban J connectivity index is 1.58. The number of phenols is 1. The number of phenolic OH excluding ortho intramolecular Hbond substituents is 1. The second-order valence-electron chi connectivity index (χ2n) is 11.0.